The molecule has 21 heavy (non-hydrogen) atoms. The normalized spacial score (nSPS) is 17.3. The van der Waals surface area contributed by atoms with Gasteiger partial charge in [-0.3, -0.25) is 9.36 Å². The molecule has 1 atom stereocenters. The summed E-state index contributed by atoms with van der Waals surface area (Å²) in [6.45, 7) is 3.73. The summed E-state index contributed by atoms with van der Waals surface area (Å²) in [6.07, 6.45) is 6.13. The van der Waals surface area contributed by atoms with Gasteiger partial charge < -0.3 is 10.6 Å². The summed E-state index contributed by atoms with van der Waals surface area (Å²) in [5, 5.41) is 6.23. The van der Waals surface area contributed by atoms with E-state index < -0.39 is 0 Å². The maximum absolute atomic E-state index is 12.2. The van der Waals surface area contributed by atoms with E-state index in [1.807, 2.05) is 19.2 Å². The van der Waals surface area contributed by atoms with E-state index in [4.69, 9.17) is 0 Å². The first-order chi connectivity index (χ1) is 9.72. The van der Waals surface area contributed by atoms with Crippen LogP contribution >= 0.6 is 12.4 Å². The van der Waals surface area contributed by atoms with Crippen LogP contribution in [-0.2, 0) is 0 Å². The average molecular weight is 308 g/mol. The Hall–Kier alpha value is -1.92. The summed E-state index contributed by atoms with van der Waals surface area (Å²) in [5.41, 5.74) is 1.44. The second-order valence-corrected chi connectivity index (χ2v) is 5.02. The van der Waals surface area contributed by atoms with E-state index in [9.17, 15) is 4.79 Å². The summed E-state index contributed by atoms with van der Waals surface area (Å²) >= 11 is 0. The molecule has 0 aliphatic carbocycles. The van der Waals surface area contributed by atoms with Crippen LogP contribution in [0.25, 0.3) is 5.82 Å². The molecule has 0 bridgehead atoms. The fourth-order valence-corrected chi connectivity index (χ4v) is 2.33. The number of nitrogens with one attached hydrogen (secondary N) is 2. The van der Waals surface area contributed by atoms with Gasteiger partial charge in [-0.15, -0.1) is 12.4 Å². The van der Waals surface area contributed by atoms with Crippen LogP contribution in [0.2, 0.25) is 0 Å². The number of halogens is 1. The lowest BCUT2D eigenvalue weighted by atomic mass is 10.2. The molecular formula is C14H18ClN5O. The van der Waals surface area contributed by atoms with E-state index in [1.54, 1.807) is 23.2 Å². The molecule has 2 aromatic rings. The lowest BCUT2D eigenvalue weighted by Crippen LogP contribution is -2.36. The van der Waals surface area contributed by atoms with Crippen LogP contribution in [0.3, 0.4) is 0 Å². The molecule has 2 aromatic heterocycles. The molecule has 0 radical (unpaired) electrons. The molecule has 112 valence electrons. The van der Waals surface area contributed by atoms with Crippen molar-refractivity contribution in [3.05, 3.63) is 42.1 Å². The summed E-state index contributed by atoms with van der Waals surface area (Å²) in [4.78, 5) is 20.7. The summed E-state index contributed by atoms with van der Waals surface area (Å²) < 4.78 is 1.79. The van der Waals surface area contributed by atoms with Gasteiger partial charge in [0.2, 0.25) is 0 Å². The first kappa shape index (κ1) is 15.5. The molecule has 6 nitrogen and oxygen atoms in total. The van der Waals surface area contributed by atoms with E-state index in [0.29, 0.717) is 11.5 Å². The first-order valence-corrected chi connectivity index (χ1v) is 6.71. The molecule has 1 aliphatic heterocycles. The minimum atomic E-state index is -0.122. The molecule has 3 rings (SSSR count). The van der Waals surface area contributed by atoms with Crippen molar-refractivity contribution >= 4 is 18.3 Å². The molecule has 3 heterocycles. The topological polar surface area (TPSA) is 71.8 Å². The van der Waals surface area contributed by atoms with Crippen LogP contribution in [0.15, 0.2) is 30.9 Å². The van der Waals surface area contributed by atoms with Crippen LogP contribution in [0.5, 0.6) is 0 Å². The van der Waals surface area contributed by atoms with Gasteiger partial charge in [0.25, 0.3) is 5.91 Å². The highest BCUT2D eigenvalue weighted by atomic mass is 35.5. The van der Waals surface area contributed by atoms with E-state index in [0.717, 1.165) is 25.1 Å². The fourth-order valence-electron chi connectivity index (χ4n) is 2.33. The standard InChI is InChI=1S/C14H17N5O.ClH/c1-10-6-12(14(20)17-11-2-3-15-8-11)18-13(7-10)19-5-4-16-9-19;/h4-7,9,11,15H,2-3,8H2,1H3,(H,17,20);1H/t11-;/m0./s1. The molecular weight excluding hydrogens is 290 g/mol. The van der Waals surface area contributed by atoms with Crippen LogP contribution < -0.4 is 10.6 Å². The highest BCUT2D eigenvalue weighted by Gasteiger charge is 2.18. The SMILES string of the molecule is Cc1cc(C(=O)N[C@H]2CCNC2)nc(-n2ccnc2)c1.Cl. The predicted octanol–water partition coefficient (Wildman–Crippen LogP) is 1.09. The van der Waals surface area contributed by atoms with Crippen LogP contribution in [0, 0.1) is 6.92 Å². The van der Waals surface area contributed by atoms with Gasteiger partial charge in [0.05, 0.1) is 0 Å². The third-order valence-corrected chi connectivity index (χ3v) is 3.35. The van der Waals surface area contributed by atoms with E-state index in [2.05, 4.69) is 20.6 Å². The number of rotatable bonds is 3. The highest BCUT2D eigenvalue weighted by Crippen LogP contribution is 2.10. The zero-order valence-electron chi connectivity index (χ0n) is 11.7. The number of aromatic nitrogens is 3. The average Bonchev–Trinajstić information content (AvgIpc) is 3.11. The maximum atomic E-state index is 12.2. The zero-order valence-corrected chi connectivity index (χ0v) is 12.6. The number of nitrogens with zero attached hydrogens (tertiary/aromatic N) is 3. The van der Waals surface area contributed by atoms with Crippen molar-refractivity contribution in [2.24, 2.45) is 0 Å². The van der Waals surface area contributed by atoms with Crippen molar-refractivity contribution in [1.82, 2.24) is 25.2 Å². The Balaban J connectivity index is 0.00000161. The number of hydrogen-bond acceptors (Lipinski definition) is 4. The maximum Gasteiger partial charge on any atom is 0.270 e. The van der Waals surface area contributed by atoms with Gasteiger partial charge in [-0.05, 0) is 37.6 Å². The monoisotopic (exact) mass is 307 g/mol. The van der Waals surface area contributed by atoms with Gasteiger partial charge >= 0.3 is 0 Å². The molecule has 1 fully saturated rings. The third kappa shape index (κ3) is 3.59. The highest BCUT2D eigenvalue weighted by molar-refractivity contribution is 5.92. The number of pyridine rings is 1. The quantitative estimate of drug-likeness (QED) is 0.890. The number of amides is 1. The lowest BCUT2D eigenvalue weighted by Gasteiger charge is -2.12. The molecule has 0 saturated carbocycles. The van der Waals surface area contributed by atoms with Crippen LogP contribution in [0.1, 0.15) is 22.5 Å². The van der Waals surface area contributed by atoms with Gasteiger partial charge in [0.1, 0.15) is 17.8 Å². The van der Waals surface area contributed by atoms with Gasteiger partial charge in [-0.25, -0.2) is 9.97 Å². The van der Waals surface area contributed by atoms with Gasteiger partial charge in [-0.2, -0.15) is 0 Å². The zero-order chi connectivity index (χ0) is 13.9. The summed E-state index contributed by atoms with van der Waals surface area (Å²) in [5.74, 6) is 0.584. The molecule has 1 saturated heterocycles. The molecule has 1 aliphatic rings. The fraction of sp³-hybridized carbons (Fsp3) is 0.357. The van der Waals surface area contributed by atoms with Gasteiger partial charge in [0, 0.05) is 25.0 Å². The van der Waals surface area contributed by atoms with Crippen molar-refractivity contribution in [3.8, 4) is 5.82 Å². The van der Waals surface area contributed by atoms with Crippen LogP contribution in [0.4, 0.5) is 0 Å². The molecule has 1 amide bonds. The Labute approximate surface area is 129 Å². The minimum Gasteiger partial charge on any atom is -0.347 e. The Morgan fingerprint density at radius 1 is 1.48 bits per heavy atom. The van der Waals surface area contributed by atoms with Crippen molar-refractivity contribution in [2.45, 2.75) is 19.4 Å². The second-order valence-electron chi connectivity index (χ2n) is 5.02. The Kier molecular flexibility index (Phi) is 4.93. The summed E-state index contributed by atoms with van der Waals surface area (Å²) in [7, 11) is 0. The van der Waals surface area contributed by atoms with Crippen molar-refractivity contribution in [1.29, 1.82) is 0 Å². The van der Waals surface area contributed by atoms with Crippen molar-refractivity contribution < 1.29 is 4.79 Å². The number of carbonyl (C=O) groups excluding carboxylic acids is 1. The second kappa shape index (κ2) is 6.69. The van der Waals surface area contributed by atoms with Gasteiger partial charge in [0.15, 0.2) is 0 Å². The molecule has 7 heteroatoms. The molecule has 0 unspecified atom stereocenters. The Morgan fingerprint density at radius 2 is 2.33 bits per heavy atom. The van der Waals surface area contributed by atoms with Crippen molar-refractivity contribution in [3.63, 3.8) is 0 Å². The smallest absolute Gasteiger partial charge is 0.270 e. The minimum absolute atomic E-state index is 0. The van der Waals surface area contributed by atoms with Crippen LogP contribution in [-0.4, -0.2) is 39.6 Å². The molecule has 0 spiro atoms. The van der Waals surface area contributed by atoms with Crippen molar-refractivity contribution in [2.75, 3.05) is 13.1 Å². The van der Waals surface area contributed by atoms with E-state index in [-0.39, 0.29) is 24.4 Å². The van der Waals surface area contributed by atoms with E-state index in [1.165, 1.54) is 0 Å². The summed E-state index contributed by atoms with van der Waals surface area (Å²) in [6, 6.07) is 3.93. The molecule has 0 aromatic carbocycles. The predicted molar refractivity (Wildman–Crippen MR) is 82.1 cm³/mol. The number of hydrogen-bond donors (Lipinski definition) is 2. The first-order valence-electron chi connectivity index (χ1n) is 6.71. The largest absolute Gasteiger partial charge is 0.347 e. The van der Waals surface area contributed by atoms with Gasteiger partial charge in [-0.1, -0.05) is 0 Å². The number of carbonyl (C=O) groups is 1. The molecule has 2 N–H and O–H groups in total. The number of imidazole rings is 1. The third-order valence-electron chi connectivity index (χ3n) is 3.35. The lowest BCUT2D eigenvalue weighted by molar-refractivity contribution is 0.0935. The van der Waals surface area contributed by atoms with E-state index >= 15 is 0 Å². The Bertz CT molecular complexity index is 608. The number of aryl methyl sites for hydroxylation is 1. The Morgan fingerprint density at radius 3 is 3.00 bits per heavy atom.